The third-order valence-electron chi connectivity index (χ3n) is 10.4. The maximum atomic E-state index is 4.26. The van der Waals surface area contributed by atoms with E-state index in [9.17, 15) is 0 Å². The van der Waals surface area contributed by atoms with Crippen molar-refractivity contribution < 1.29 is 22.8 Å². The number of hydrogen-bond acceptors (Lipinski definition) is 15. The highest BCUT2D eigenvalue weighted by Gasteiger charge is 2.16. The van der Waals surface area contributed by atoms with Crippen molar-refractivity contribution in [3.8, 4) is 56.9 Å². The lowest BCUT2D eigenvalue weighted by atomic mass is 10.1. The van der Waals surface area contributed by atoms with E-state index in [0.717, 1.165) is 79.5 Å². The summed E-state index contributed by atoms with van der Waals surface area (Å²) in [6.45, 7) is 70.0. The SMILES string of the molecule is CC.CC.CC.CC.CC.CC.CC.CC.CC.CC.CC.CC.CC.CC.CC.Cc1ccccc1-c1ncnc[n+]1C.Cc1ccncc1-c1ncnc[n+]1C.Cc1cnccc1-c1ncnc[n+]1C.Cc1ncccc1-c1ncnc[n+]1C.Cc1ncncc1-c1ncnc[n+]1C. The van der Waals surface area contributed by atoms with E-state index in [1.807, 2.05) is 342 Å². The molecular formula is C80H145N20+5. The minimum absolute atomic E-state index is 0.818. The summed E-state index contributed by atoms with van der Waals surface area (Å²) in [5.41, 5.74) is 10.6. The van der Waals surface area contributed by atoms with E-state index in [2.05, 4.69) is 93.8 Å². The maximum Gasteiger partial charge on any atom is 0.276 e. The third kappa shape index (κ3) is 46.9. The number of aryl methyl sites for hydroxylation is 10. The Balaban J connectivity index is -0.000000115. The van der Waals surface area contributed by atoms with Gasteiger partial charge in [0.1, 0.15) is 6.33 Å². The van der Waals surface area contributed by atoms with Gasteiger partial charge in [-0.3, -0.25) is 15.0 Å². The molecular weight excluding hydrogens is 1240 g/mol. The highest BCUT2D eigenvalue weighted by atomic mass is 15.1. The van der Waals surface area contributed by atoms with Gasteiger partial charge in [0.05, 0.1) is 74.4 Å². The van der Waals surface area contributed by atoms with Crippen LogP contribution in [0.15, 0.2) is 155 Å². The molecule has 0 fully saturated rings. The van der Waals surface area contributed by atoms with E-state index in [4.69, 9.17) is 0 Å². The largest absolute Gasteiger partial charge is 0.276 e. The number of rotatable bonds is 5. The topological polar surface area (TPSA) is 213 Å². The smallest absolute Gasteiger partial charge is 0.264 e. The average Bonchev–Trinajstić information content (AvgIpc) is 0.883. The highest BCUT2D eigenvalue weighted by Crippen LogP contribution is 2.19. The first-order valence-electron chi connectivity index (χ1n) is 36.8. The van der Waals surface area contributed by atoms with Crippen molar-refractivity contribution in [3.63, 3.8) is 0 Å². The van der Waals surface area contributed by atoms with Gasteiger partial charge >= 0.3 is 0 Å². The zero-order valence-corrected chi connectivity index (χ0v) is 70.9. The van der Waals surface area contributed by atoms with Crippen LogP contribution in [-0.2, 0) is 35.2 Å². The molecule has 0 aliphatic heterocycles. The third-order valence-corrected chi connectivity index (χ3v) is 10.4. The van der Waals surface area contributed by atoms with Crippen LogP contribution in [0.25, 0.3) is 56.9 Å². The summed E-state index contributed by atoms with van der Waals surface area (Å²) in [5, 5.41) is 0. The van der Waals surface area contributed by atoms with Gasteiger partial charge < -0.3 is 0 Å². The fourth-order valence-corrected chi connectivity index (χ4v) is 6.69. The molecule has 0 saturated carbocycles. The van der Waals surface area contributed by atoms with Crippen molar-refractivity contribution in [2.24, 2.45) is 35.2 Å². The first-order valence-corrected chi connectivity index (χ1v) is 36.8. The summed E-state index contributed by atoms with van der Waals surface area (Å²) in [5.74, 6) is 4.42. The van der Waals surface area contributed by atoms with Gasteiger partial charge in [-0.05, 0) is 81.6 Å². The van der Waals surface area contributed by atoms with Crippen LogP contribution in [0.5, 0.6) is 0 Å². The van der Waals surface area contributed by atoms with Crippen LogP contribution in [-0.4, -0.2) is 74.8 Å². The summed E-state index contributed by atoms with van der Waals surface area (Å²) in [7, 11) is 9.60. The lowest BCUT2D eigenvalue weighted by molar-refractivity contribution is -0.666. The molecule has 0 saturated heterocycles. The van der Waals surface area contributed by atoms with E-state index in [1.165, 1.54) is 18.2 Å². The molecule has 0 N–H and O–H groups in total. The second kappa shape index (κ2) is 85.9. The highest BCUT2D eigenvalue weighted by molar-refractivity contribution is 5.58. The normalized spacial score (nSPS) is 8.00. The van der Waals surface area contributed by atoms with Gasteiger partial charge in [0.15, 0.2) is 0 Å². The Hall–Kier alpha value is -9.20. The number of pyridine rings is 3. The van der Waals surface area contributed by atoms with Crippen LogP contribution in [0.2, 0.25) is 0 Å². The van der Waals surface area contributed by atoms with Gasteiger partial charge in [-0.2, -0.15) is 0 Å². The monoisotopic (exact) mass is 1390 g/mol. The first-order chi connectivity index (χ1) is 48.9. The Bertz CT molecular complexity index is 2570. The number of benzene rings is 1. The standard InChI is InChI=1S/C11H12N3.3C10H11N4.C9H10N5.15C2H6/c1-9-5-3-4-6-10(9)11-13-7-12-8-14(11)2;1-8-5-11-4-3-9(8)10-13-6-12-7-14(10)2;1-8-3-4-11-5-9(8)10-13-6-12-7-14(10)2;1-8-9(4-3-5-12-8)10-13-6-11-7-14(10)2;1-7-8(3-10-4-12-7)9-13-5-11-6-14(9)2;15*1-2/h3-8H,1-2H3;3*3-7H,1-2H3;3-6H,1-2H3;15*1-2H3/q5*+1;;;;;;;;;;;;;;;. The zero-order valence-electron chi connectivity index (χ0n) is 70.9. The van der Waals surface area contributed by atoms with E-state index in [-0.39, 0.29) is 0 Å². The number of aromatic nitrogens is 20. The van der Waals surface area contributed by atoms with Gasteiger partial charge in [-0.15, -0.1) is 0 Å². The van der Waals surface area contributed by atoms with Gasteiger partial charge in [0.2, 0.25) is 31.6 Å². The van der Waals surface area contributed by atoms with Crippen LogP contribution >= 0.6 is 0 Å². The minimum Gasteiger partial charge on any atom is -0.264 e. The number of hydrogen-bond donors (Lipinski definition) is 0. The van der Waals surface area contributed by atoms with Gasteiger partial charge in [-0.25, -0.2) is 32.8 Å². The van der Waals surface area contributed by atoms with Crippen molar-refractivity contribution in [2.45, 2.75) is 242 Å². The lowest BCUT2D eigenvalue weighted by Crippen LogP contribution is -2.32. The summed E-state index contributed by atoms with van der Waals surface area (Å²) < 4.78 is 9.41. The maximum absolute atomic E-state index is 4.26. The Morgan fingerprint density at radius 2 is 0.480 bits per heavy atom. The van der Waals surface area contributed by atoms with Crippen molar-refractivity contribution in [1.82, 2.24) is 74.8 Å². The fourth-order valence-electron chi connectivity index (χ4n) is 6.69. The molecule has 10 aromatic rings. The second-order valence-corrected chi connectivity index (χ2v) is 15.6. The average molecular weight is 1390 g/mol. The fraction of sp³-hybridized carbons (Fsp3) is 0.500. The molecule has 0 bridgehead atoms. The van der Waals surface area contributed by atoms with Crippen molar-refractivity contribution >= 4 is 0 Å². The molecule has 0 amide bonds. The molecule has 100 heavy (non-hydrogen) atoms. The van der Waals surface area contributed by atoms with E-state index >= 15 is 0 Å². The Morgan fingerprint density at radius 1 is 0.210 bits per heavy atom. The molecule has 0 aliphatic carbocycles. The van der Waals surface area contributed by atoms with E-state index in [0.29, 0.717) is 0 Å². The predicted octanol–water partition coefficient (Wildman–Crippen LogP) is 18.8. The first kappa shape index (κ1) is 112. The van der Waals surface area contributed by atoms with Gasteiger partial charge in [0, 0.05) is 37.2 Å². The molecule has 0 unspecified atom stereocenters. The van der Waals surface area contributed by atoms with Gasteiger partial charge in [-0.1, -0.05) is 276 Å². The summed E-state index contributed by atoms with van der Waals surface area (Å²) >= 11 is 0. The molecule has 0 atom stereocenters. The van der Waals surface area contributed by atoms with Crippen molar-refractivity contribution in [1.29, 1.82) is 0 Å². The quantitative estimate of drug-likeness (QED) is 0.147. The van der Waals surface area contributed by atoms with Gasteiger partial charge in [0.25, 0.3) is 60.8 Å². The summed E-state index contributed by atoms with van der Waals surface area (Å²) in [4.78, 5) is 61.2. The second-order valence-electron chi connectivity index (χ2n) is 15.6. The van der Waals surface area contributed by atoms with E-state index < -0.39 is 0 Å². The van der Waals surface area contributed by atoms with Crippen molar-refractivity contribution in [3.05, 3.63) is 183 Å². The molecule has 10 rings (SSSR count). The lowest BCUT2D eigenvalue weighted by Gasteiger charge is -2.01. The Kier molecular flexibility index (Phi) is 96.3. The van der Waals surface area contributed by atoms with Crippen LogP contribution < -0.4 is 22.8 Å². The van der Waals surface area contributed by atoms with E-state index in [1.54, 1.807) is 81.7 Å². The van der Waals surface area contributed by atoms with Crippen LogP contribution in [0.4, 0.5) is 0 Å². The summed E-state index contributed by atoms with van der Waals surface area (Å²) in [6, 6.07) is 16.0. The molecule has 0 radical (unpaired) electrons. The van der Waals surface area contributed by atoms with Crippen molar-refractivity contribution in [2.75, 3.05) is 0 Å². The van der Waals surface area contributed by atoms with Crippen LogP contribution in [0.1, 0.15) is 236 Å². The Morgan fingerprint density at radius 3 is 0.810 bits per heavy atom. The molecule has 560 valence electrons. The summed E-state index contributed by atoms with van der Waals surface area (Å²) in [6.07, 6.45) is 28.6. The molecule has 0 spiro atoms. The molecule has 1 aromatic carbocycles. The van der Waals surface area contributed by atoms with Crippen LogP contribution in [0.3, 0.4) is 0 Å². The van der Waals surface area contributed by atoms with Crippen LogP contribution in [0, 0.1) is 34.6 Å². The number of nitrogens with zero attached hydrogens (tertiary/aromatic N) is 20. The molecule has 9 heterocycles. The molecule has 9 aromatic heterocycles. The zero-order chi connectivity index (χ0) is 79.8. The predicted molar refractivity (Wildman–Crippen MR) is 426 cm³/mol. The molecule has 20 heteroatoms. The molecule has 0 aliphatic rings. The molecule has 20 nitrogen and oxygen atoms in total. The Labute approximate surface area is 612 Å². The minimum atomic E-state index is 0.818.